The number of carbonyl (C=O) groups is 2. The summed E-state index contributed by atoms with van der Waals surface area (Å²) in [4.78, 5) is 29.0. The van der Waals surface area contributed by atoms with Crippen LogP contribution in [0.15, 0.2) is 29.1 Å². The molecule has 3 heterocycles. The van der Waals surface area contributed by atoms with E-state index < -0.39 is 0 Å². The quantitative estimate of drug-likeness (QED) is 0.796. The van der Waals surface area contributed by atoms with Gasteiger partial charge in [-0.1, -0.05) is 0 Å². The van der Waals surface area contributed by atoms with E-state index in [-0.39, 0.29) is 18.2 Å². The van der Waals surface area contributed by atoms with Crippen LogP contribution in [-0.4, -0.2) is 26.3 Å². The Labute approximate surface area is 137 Å². The number of hydrogen-bond acceptors (Lipinski definition) is 5. The van der Waals surface area contributed by atoms with Gasteiger partial charge in [0.1, 0.15) is 11.5 Å². The highest BCUT2D eigenvalue weighted by atomic mass is 16.3. The Morgan fingerprint density at radius 1 is 1.42 bits per heavy atom. The van der Waals surface area contributed by atoms with Crippen LogP contribution in [0.5, 0.6) is 0 Å². The summed E-state index contributed by atoms with van der Waals surface area (Å²) in [6, 6.07) is 1.79. The van der Waals surface area contributed by atoms with Gasteiger partial charge in [-0.2, -0.15) is 5.10 Å². The molecule has 4 rings (SSSR count). The van der Waals surface area contributed by atoms with E-state index in [9.17, 15) is 9.59 Å². The van der Waals surface area contributed by atoms with Crippen LogP contribution in [0.25, 0.3) is 5.65 Å². The minimum absolute atomic E-state index is 0.0177. The first kappa shape index (κ1) is 14.6. The Bertz CT molecular complexity index is 954. The molecule has 3 aromatic heterocycles. The lowest BCUT2D eigenvalue weighted by Gasteiger charge is -2.10. The van der Waals surface area contributed by atoms with Gasteiger partial charge in [-0.05, 0) is 19.4 Å². The van der Waals surface area contributed by atoms with Crippen LogP contribution in [-0.2, 0) is 13.0 Å². The van der Waals surface area contributed by atoms with Gasteiger partial charge in [0, 0.05) is 37.3 Å². The number of rotatable bonds is 3. The molecule has 0 aromatic carbocycles. The third-order valence-electron chi connectivity index (χ3n) is 4.26. The molecule has 0 radical (unpaired) electrons. The normalized spacial score (nSPS) is 14.0. The van der Waals surface area contributed by atoms with E-state index in [1.54, 1.807) is 36.1 Å². The molecule has 7 nitrogen and oxygen atoms in total. The second-order valence-corrected chi connectivity index (χ2v) is 5.85. The van der Waals surface area contributed by atoms with Crippen molar-refractivity contribution >= 4 is 17.3 Å². The Hall–Kier alpha value is -2.96. The third kappa shape index (κ3) is 2.29. The molecule has 24 heavy (non-hydrogen) atoms. The van der Waals surface area contributed by atoms with Crippen LogP contribution in [0.1, 0.15) is 50.6 Å². The second kappa shape index (κ2) is 5.59. The van der Waals surface area contributed by atoms with Gasteiger partial charge in [-0.3, -0.25) is 9.59 Å². The molecule has 0 bridgehead atoms. The van der Waals surface area contributed by atoms with Gasteiger partial charge in [-0.25, -0.2) is 9.50 Å². The Kier molecular flexibility index (Phi) is 3.41. The number of aryl methyl sites for hydroxylation is 2. The molecule has 1 aliphatic carbocycles. The summed E-state index contributed by atoms with van der Waals surface area (Å²) in [7, 11) is 0. The van der Waals surface area contributed by atoms with E-state index in [0.717, 1.165) is 12.0 Å². The maximum atomic E-state index is 12.6. The van der Waals surface area contributed by atoms with Crippen molar-refractivity contribution in [3.8, 4) is 0 Å². The average Bonchev–Trinajstić information content (AvgIpc) is 3.14. The van der Waals surface area contributed by atoms with Crippen molar-refractivity contribution in [2.45, 2.75) is 32.7 Å². The summed E-state index contributed by atoms with van der Waals surface area (Å²) in [6.45, 7) is 2.00. The van der Waals surface area contributed by atoms with Crippen molar-refractivity contribution < 1.29 is 14.0 Å². The number of carbonyl (C=O) groups excluding carboxylic acids is 2. The lowest BCUT2D eigenvalue weighted by Crippen LogP contribution is -2.25. The van der Waals surface area contributed by atoms with Crippen LogP contribution in [0, 0.1) is 6.92 Å². The number of nitrogens with one attached hydrogen (secondary N) is 1. The highest BCUT2D eigenvalue weighted by Gasteiger charge is 2.30. The fourth-order valence-electron chi connectivity index (χ4n) is 3.15. The lowest BCUT2D eigenvalue weighted by molar-refractivity contribution is 0.0926. The van der Waals surface area contributed by atoms with Crippen molar-refractivity contribution in [1.29, 1.82) is 0 Å². The summed E-state index contributed by atoms with van der Waals surface area (Å²) >= 11 is 0. The van der Waals surface area contributed by atoms with Gasteiger partial charge in [0.25, 0.3) is 5.91 Å². The Morgan fingerprint density at radius 2 is 2.29 bits per heavy atom. The van der Waals surface area contributed by atoms with Crippen LogP contribution in [0.3, 0.4) is 0 Å². The first-order valence-electron chi connectivity index (χ1n) is 7.86. The van der Waals surface area contributed by atoms with Crippen molar-refractivity contribution in [2.75, 3.05) is 0 Å². The van der Waals surface area contributed by atoms with E-state index >= 15 is 0 Å². The molecular weight excluding hydrogens is 308 g/mol. The molecule has 1 N–H and O–H groups in total. The zero-order valence-corrected chi connectivity index (χ0v) is 13.2. The van der Waals surface area contributed by atoms with Crippen LogP contribution >= 0.6 is 0 Å². The van der Waals surface area contributed by atoms with Gasteiger partial charge in [0.2, 0.25) is 0 Å². The fraction of sp³-hybridized carbons (Fsp3) is 0.294. The van der Waals surface area contributed by atoms with Crippen LogP contribution < -0.4 is 5.32 Å². The zero-order valence-electron chi connectivity index (χ0n) is 13.2. The second-order valence-electron chi connectivity index (χ2n) is 5.85. The average molecular weight is 324 g/mol. The number of nitrogens with zero attached hydrogens (tertiary/aromatic N) is 3. The van der Waals surface area contributed by atoms with E-state index in [1.165, 1.54) is 0 Å². The number of furan rings is 1. The summed E-state index contributed by atoms with van der Waals surface area (Å²) in [5, 5.41) is 7.04. The highest BCUT2D eigenvalue weighted by Crippen LogP contribution is 2.29. The molecule has 0 aliphatic heterocycles. The number of fused-ring (bicyclic) bond motifs is 2. The largest absolute Gasteiger partial charge is 0.465 e. The molecule has 7 heteroatoms. The smallest absolute Gasteiger partial charge is 0.255 e. The zero-order chi connectivity index (χ0) is 16.7. The van der Waals surface area contributed by atoms with E-state index in [2.05, 4.69) is 15.4 Å². The molecule has 0 saturated heterocycles. The van der Waals surface area contributed by atoms with E-state index in [4.69, 9.17) is 4.42 Å². The summed E-state index contributed by atoms with van der Waals surface area (Å²) in [5.74, 6) is 0.802. The molecule has 0 fully saturated rings. The predicted octanol–water partition coefficient (Wildman–Crippen LogP) is 2.08. The van der Waals surface area contributed by atoms with E-state index in [0.29, 0.717) is 41.1 Å². The minimum Gasteiger partial charge on any atom is -0.465 e. The molecule has 0 unspecified atom stereocenters. The Morgan fingerprint density at radius 3 is 3.17 bits per heavy atom. The predicted molar refractivity (Wildman–Crippen MR) is 84.9 cm³/mol. The maximum absolute atomic E-state index is 12.6. The number of hydrogen-bond donors (Lipinski definition) is 1. The van der Waals surface area contributed by atoms with Gasteiger partial charge in [0.15, 0.2) is 11.4 Å². The number of Topliss-reactive ketones (excluding diaryl/α,β-unsaturated/α-hetero) is 1. The summed E-state index contributed by atoms with van der Waals surface area (Å²) < 4.78 is 7.27. The van der Waals surface area contributed by atoms with Gasteiger partial charge in [-0.15, -0.1) is 0 Å². The molecule has 1 aliphatic rings. The van der Waals surface area contributed by atoms with Gasteiger partial charge < -0.3 is 9.73 Å². The minimum atomic E-state index is -0.303. The molecule has 3 aromatic rings. The van der Waals surface area contributed by atoms with E-state index in [1.807, 2.05) is 0 Å². The standard InChI is InChI=1S/C17H16N4O3/c1-10-14(15-12(22)4-2-5-13(15)24-10)17(23)19-8-11-9-20-21-7-3-6-18-16(11)21/h3,6-7,9H,2,4-5,8H2,1H3,(H,19,23). The highest BCUT2D eigenvalue weighted by molar-refractivity contribution is 6.10. The number of ketones is 1. The molecule has 1 amide bonds. The molecule has 122 valence electrons. The van der Waals surface area contributed by atoms with Gasteiger partial charge in [0.05, 0.1) is 17.3 Å². The topological polar surface area (TPSA) is 89.5 Å². The van der Waals surface area contributed by atoms with Crippen LogP contribution in [0.2, 0.25) is 0 Å². The summed E-state index contributed by atoms with van der Waals surface area (Å²) in [5.41, 5.74) is 2.32. The monoisotopic (exact) mass is 324 g/mol. The molecule has 0 spiro atoms. The summed E-state index contributed by atoms with van der Waals surface area (Å²) in [6.07, 6.45) is 7.08. The van der Waals surface area contributed by atoms with Crippen molar-refractivity contribution in [3.05, 3.63) is 52.9 Å². The van der Waals surface area contributed by atoms with Crippen LogP contribution in [0.4, 0.5) is 0 Å². The molecule has 0 atom stereocenters. The van der Waals surface area contributed by atoms with Crippen molar-refractivity contribution in [3.63, 3.8) is 0 Å². The number of amides is 1. The molecular formula is C17H16N4O3. The fourth-order valence-corrected chi connectivity index (χ4v) is 3.15. The Balaban J connectivity index is 1.59. The first-order chi connectivity index (χ1) is 11.6. The third-order valence-corrected chi connectivity index (χ3v) is 4.26. The maximum Gasteiger partial charge on any atom is 0.255 e. The molecule has 0 saturated carbocycles. The first-order valence-corrected chi connectivity index (χ1v) is 7.86. The van der Waals surface area contributed by atoms with Crippen molar-refractivity contribution in [2.24, 2.45) is 0 Å². The SMILES string of the molecule is Cc1oc2c(c1C(=O)NCc1cnn3cccnc13)C(=O)CCC2. The van der Waals surface area contributed by atoms with Crippen molar-refractivity contribution in [1.82, 2.24) is 19.9 Å². The lowest BCUT2D eigenvalue weighted by atomic mass is 9.93. The van der Waals surface area contributed by atoms with Gasteiger partial charge >= 0.3 is 0 Å². The number of aromatic nitrogens is 3.